The van der Waals surface area contributed by atoms with Crippen LogP contribution in [-0.4, -0.2) is 48.4 Å². The average molecular weight is 650 g/mol. The van der Waals surface area contributed by atoms with Crippen molar-refractivity contribution in [2.24, 2.45) is 16.7 Å². The van der Waals surface area contributed by atoms with Gasteiger partial charge in [-0.3, -0.25) is 9.59 Å². The van der Waals surface area contributed by atoms with Crippen molar-refractivity contribution in [2.45, 2.75) is 194 Å². The lowest BCUT2D eigenvalue weighted by atomic mass is 9.71. The fourth-order valence-corrected chi connectivity index (χ4v) is 7.13. The van der Waals surface area contributed by atoms with Crippen molar-refractivity contribution in [1.29, 1.82) is 0 Å². The van der Waals surface area contributed by atoms with E-state index in [1.807, 2.05) is 27.7 Å². The molecule has 46 heavy (non-hydrogen) atoms. The van der Waals surface area contributed by atoms with Crippen LogP contribution in [0.3, 0.4) is 0 Å². The van der Waals surface area contributed by atoms with E-state index in [0.717, 1.165) is 38.5 Å². The quantitative estimate of drug-likeness (QED) is 0.118. The predicted molar refractivity (Wildman–Crippen MR) is 183 cm³/mol. The molecule has 2 unspecified atom stereocenters. The molecule has 0 spiro atoms. The molecule has 1 heterocycles. The minimum atomic E-state index is -1.25. The largest absolute Gasteiger partial charge is 0.550 e. The van der Waals surface area contributed by atoms with E-state index in [-0.39, 0.29) is 18.4 Å². The summed E-state index contributed by atoms with van der Waals surface area (Å²) in [6, 6.07) is 0. The zero-order valence-corrected chi connectivity index (χ0v) is 30.7. The Hall–Kier alpha value is -1.67. The Balaban J connectivity index is 1.84. The molecule has 2 aliphatic rings. The molecule has 1 aliphatic carbocycles. The highest BCUT2D eigenvalue weighted by Gasteiger charge is 2.47. The summed E-state index contributed by atoms with van der Waals surface area (Å²) in [5, 5.41) is 18.7. The van der Waals surface area contributed by atoms with Gasteiger partial charge in [-0.25, -0.2) is 0 Å². The molecule has 8 heteroatoms. The van der Waals surface area contributed by atoms with Gasteiger partial charge in [0, 0.05) is 34.8 Å². The molecular weight excluding hydrogens is 580 g/mol. The molecule has 0 aromatic rings. The monoisotopic (exact) mass is 650 g/mol. The van der Waals surface area contributed by atoms with Gasteiger partial charge in [-0.2, -0.15) is 0 Å². The van der Waals surface area contributed by atoms with Crippen LogP contribution in [0.25, 0.3) is 0 Å². The number of carboxylic acid groups (broad SMARTS) is 1. The lowest BCUT2D eigenvalue weighted by Gasteiger charge is -2.47. The molecule has 2 fully saturated rings. The van der Waals surface area contributed by atoms with E-state index < -0.39 is 40.1 Å². The number of carbonyl (C=O) groups excluding carboxylic acids is 3. The number of carboxylic acids is 1. The summed E-state index contributed by atoms with van der Waals surface area (Å²) in [5.41, 5.74) is -2.16. The van der Waals surface area contributed by atoms with Crippen LogP contribution in [0, 0.1) is 16.7 Å². The normalized spacial score (nSPS) is 21.3. The van der Waals surface area contributed by atoms with Crippen LogP contribution in [0.15, 0.2) is 0 Å². The van der Waals surface area contributed by atoms with Gasteiger partial charge in [-0.15, -0.1) is 0 Å². The summed E-state index contributed by atoms with van der Waals surface area (Å²) in [4.78, 5) is 39.7. The van der Waals surface area contributed by atoms with Crippen LogP contribution in [0.4, 0.5) is 0 Å². The van der Waals surface area contributed by atoms with E-state index in [1.54, 1.807) is 13.8 Å². The Bertz CT molecular complexity index is 924. The number of carbonyl (C=O) groups is 3. The Morgan fingerprint density at radius 1 is 0.804 bits per heavy atom. The summed E-state index contributed by atoms with van der Waals surface area (Å²) in [6.07, 6.45) is 21.8. The molecule has 2 N–H and O–H groups in total. The predicted octanol–water partition coefficient (Wildman–Crippen LogP) is 7.36. The van der Waals surface area contributed by atoms with E-state index in [2.05, 4.69) is 17.6 Å². The maximum Gasteiger partial charge on any atom is 0.249 e. The van der Waals surface area contributed by atoms with E-state index in [0.29, 0.717) is 19.4 Å². The number of nitrogens with one attached hydrogen (secondary N) is 2. The van der Waals surface area contributed by atoms with Gasteiger partial charge in [0.1, 0.15) is 6.10 Å². The lowest BCUT2D eigenvalue weighted by molar-refractivity contribution is -0.314. The van der Waals surface area contributed by atoms with E-state index >= 15 is 0 Å². The first-order valence-corrected chi connectivity index (χ1v) is 18.8. The Morgan fingerprint density at radius 2 is 1.30 bits per heavy atom. The molecule has 2 rings (SSSR count). The van der Waals surface area contributed by atoms with Crippen molar-refractivity contribution < 1.29 is 29.0 Å². The highest BCUT2D eigenvalue weighted by molar-refractivity contribution is 5.84. The molecule has 1 aliphatic heterocycles. The van der Waals surface area contributed by atoms with Crippen LogP contribution in [-0.2, 0) is 23.9 Å². The zero-order valence-electron chi connectivity index (χ0n) is 30.7. The van der Waals surface area contributed by atoms with Gasteiger partial charge in [0.15, 0.2) is 5.79 Å². The minimum Gasteiger partial charge on any atom is -0.550 e. The summed E-state index contributed by atoms with van der Waals surface area (Å²) in [7, 11) is 0. The van der Waals surface area contributed by atoms with Gasteiger partial charge in [-0.05, 0) is 33.1 Å². The fraction of sp³-hybridized carbons (Fsp3) is 0.921. The Kier molecular flexibility index (Phi) is 17.0. The van der Waals surface area contributed by atoms with Crippen LogP contribution in [0.1, 0.15) is 177 Å². The molecule has 2 atom stereocenters. The molecular formula is C38H69N2O6-. The Labute approximate surface area is 281 Å². The minimum absolute atomic E-state index is 0.114. The standard InChI is InChI=1S/C38H70N2O6/c1-8-9-10-11-12-13-14-15-16-17-18-19-20-22-25-35(2,3)34(44)40-38(26-23-21-24-27-38)30(33(42)43)28-39-32(41)31-36(4,5)29-45-37(6,7)46-31/h30-31H,8-29H2,1-7H3,(H,39,41)(H,40,44)(H,42,43)/p-1. The smallest absolute Gasteiger partial charge is 0.249 e. The molecule has 268 valence electrons. The average Bonchev–Trinajstić information content (AvgIpc) is 2.99. The van der Waals surface area contributed by atoms with Crippen molar-refractivity contribution in [3.8, 4) is 0 Å². The lowest BCUT2D eigenvalue weighted by Crippen LogP contribution is -2.64. The van der Waals surface area contributed by atoms with Crippen molar-refractivity contribution in [1.82, 2.24) is 10.6 Å². The zero-order chi connectivity index (χ0) is 34.3. The van der Waals surface area contributed by atoms with Gasteiger partial charge in [0.2, 0.25) is 11.8 Å². The van der Waals surface area contributed by atoms with Gasteiger partial charge in [-0.1, -0.05) is 144 Å². The molecule has 0 aromatic heterocycles. The third-order valence-electron chi connectivity index (χ3n) is 10.5. The van der Waals surface area contributed by atoms with Gasteiger partial charge < -0.3 is 30.0 Å². The first-order valence-electron chi connectivity index (χ1n) is 18.8. The summed E-state index contributed by atoms with van der Waals surface area (Å²) in [5.74, 6) is -3.70. The molecule has 2 amide bonds. The number of rotatable bonds is 22. The third kappa shape index (κ3) is 13.4. The highest BCUT2D eigenvalue weighted by Crippen LogP contribution is 2.38. The van der Waals surface area contributed by atoms with Crippen molar-refractivity contribution in [3.05, 3.63) is 0 Å². The number of unbranched alkanes of at least 4 members (excludes halogenated alkanes) is 13. The van der Waals surface area contributed by atoms with Crippen molar-refractivity contribution >= 4 is 17.8 Å². The SMILES string of the molecule is CCCCCCCCCCCCCCCCC(C)(C)C(=O)NC1(C(CNC(=O)C2OC(C)(C)OCC2(C)C)C(=O)[O-])CCCCC1. The highest BCUT2D eigenvalue weighted by atomic mass is 16.7. The van der Waals surface area contributed by atoms with E-state index in [9.17, 15) is 19.5 Å². The Morgan fingerprint density at radius 3 is 1.80 bits per heavy atom. The van der Waals surface area contributed by atoms with Gasteiger partial charge in [0.05, 0.1) is 6.61 Å². The molecule has 1 saturated carbocycles. The summed E-state index contributed by atoms with van der Waals surface area (Å²) in [6.45, 7) is 13.7. The van der Waals surface area contributed by atoms with Gasteiger partial charge in [0.25, 0.3) is 0 Å². The fourth-order valence-electron chi connectivity index (χ4n) is 7.13. The molecule has 1 saturated heterocycles. The summed E-state index contributed by atoms with van der Waals surface area (Å²) >= 11 is 0. The molecule has 8 nitrogen and oxygen atoms in total. The molecule has 0 bridgehead atoms. The van der Waals surface area contributed by atoms with Gasteiger partial charge >= 0.3 is 0 Å². The summed E-state index contributed by atoms with van der Waals surface area (Å²) < 4.78 is 11.7. The van der Waals surface area contributed by atoms with Crippen molar-refractivity contribution in [3.63, 3.8) is 0 Å². The number of amides is 2. The second-order valence-electron chi connectivity index (χ2n) is 16.2. The number of hydrogen-bond donors (Lipinski definition) is 2. The van der Waals surface area contributed by atoms with Crippen LogP contribution in [0.5, 0.6) is 0 Å². The van der Waals surface area contributed by atoms with Crippen LogP contribution in [0.2, 0.25) is 0 Å². The number of ether oxygens (including phenoxy) is 2. The van der Waals surface area contributed by atoms with Crippen LogP contribution >= 0.6 is 0 Å². The maximum absolute atomic E-state index is 13.7. The third-order valence-corrected chi connectivity index (χ3v) is 10.5. The molecule has 0 aromatic carbocycles. The number of hydrogen-bond acceptors (Lipinski definition) is 6. The second kappa shape index (κ2) is 19.4. The van der Waals surface area contributed by atoms with Crippen LogP contribution < -0.4 is 15.7 Å². The first kappa shape index (κ1) is 40.5. The number of aliphatic carboxylic acids is 1. The van der Waals surface area contributed by atoms with Crippen molar-refractivity contribution in [2.75, 3.05) is 13.2 Å². The maximum atomic E-state index is 13.7. The van der Waals surface area contributed by atoms with E-state index in [1.165, 1.54) is 77.0 Å². The first-order chi connectivity index (χ1) is 21.7. The van der Waals surface area contributed by atoms with E-state index in [4.69, 9.17) is 9.47 Å². The second-order valence-corrected chi connectivity index (χ2v) is 16.2. The molecule has 0 radical (unpaired) electrons. The topological polar surface area (TPSA) is 117 Å².